The van der Waals surface area contributed by atoms with Crippen molar-refractivity contribution in [3.05, 3.63) is 0 Å². The molecule has 0 aromatic rings. The Morgan fingerprint density at radius 2 is 1.94 bits per heavy atom. The predicted octanol–water partition coefficient (Wildman–Crippen LogP) is 1.24. The zero-order chi connectivity index (χ0) is 12.2. The highest BCUT2D eigenvalue weighted by atomic mass is 28.3. The molecule has 5 heteroatoms. The van der Waals surface area contributed by atoms with Gasteiger partial charge in [-0.25, -0.2) is 0 Å². The summed E-state index contributed by atoms with van der Waals surface area (Å²) in [6.45, 7) is 8.98. The molecule has 16 heavy (non-hydrogen) atoms. The molecule has 0 aliphatic heterocycles. The SMILES string of the molecule is CCOCCC(CO)COC[Si](C)OCC. The lowest BCUT2D eigenvalue weighted by molar-refractivity contribution is 0.0614. The average molecular weight is 249 g/mol. The van der Waals surface area contributed by atoms with E-state index >= 15 is 0 Å². The summed E-state index contributed by atoms with van der Waals surface area (Å²) >= 11 is 0. The zero-order valence-electron chi connectivity index (χ0n) is 10.7. The van der Waals surface area contributed by atoms with Crippen LogP contribution < -0.4 is 0 Å². The van der Waals surface area contributed by atoms with Crippen LogP contribution in [-0.2, 0) is 13.9 Å². The number of ether oxygens (including phenoxy) is 2. The van der Waals surface area contributed by atoms with E-state index in [0.717, 1.165) is 19.6 Å². The molecular formula is C11H25O4Si. The first-order chi connectivity index (χ1) is 7.74. The molecule has 0 saturated heterocycles. The van der Waals surface area contributed by atoms with Crippen molar-refractivity contribution in [2.24, 2.45) is 5.92 Å². The first-order valence-corrected chi connectivity index (χ1v) is 8.07. The van der Waals surface area contributed by atoms with Crippen molar-refractivity contribution in [1.29, 1.82) is 0 Å². The van der Waals surface area contributed by atoms with E-state index in [9.17, 15) is 0 Å². The van der Waals surface area contributed by atoms with Crippen LogP contribution in [-0.4, -0.2) is 53.4 Å². The molecule has 0 aromatic heterocycles. The van der Waals surface area contributed by atoms with E-state index in [0.29, 0.717) is 19.4 Å². The molecule has 0 rings (SSSR count). The Kier molecular flexibility index (Phi) is 11.6. The summed E-state index contributed by atoms with van der Waals surface area (Å²) in [4.78, 5) is 0. The maximum atomic E-state index is 9.14. The highest BCUT2D eigenvalue weighted by Gasteiger charge is 2.10. The quantitative estimate of drug-likeness (QED) is 0.442. The highest BCUT2D eigenvalue weighted by Crippen LogP contribution is 2.03. The van der Waals surface area contributed by atoms with Crippen LogP contribution in [0.2, 0.25) is 6.55 Å². The minimum Gasteiger partial charge on any atom is -0.415 e. The van der Waals surface area contributed by atoms with Crippen LogP contribution in [0.1, 0.15) is 20.3 Å². The molecule has 0 fully saturated rings. The molecule has 97 valence electrons. The summed E-state index contributed by atoms with van der Waals surface area (Å²) in [5.41, 5.74) is 0. The molecule has 1 atom stereocenters. The molecule has 4 nitrogen and oxygen atoms in total. The van der Waals surface area contributed by atoms with Crippen LogP contribution >= 0.6 is 0 Å². The van der Waals surface area contributed by atoms with E-state index in [1.54, 1.807) is 0 Å². The van der Waals surface area contributed by atoms with Crippen molar-refractivity contribution in [2.45, 2.75) is 26.8 Å². The molecule has 1 N–H and O–H groups in total. The van der Waals surface area contributed by atoms with Gasteiger partial charge in [0.15, 0.2) is 0 Å². The Hall–Kier alpha value is 0.0569. The third-order valence-corrected chi connectivity index (χ3v) is 3.57. The molecule has 0 spiro atoms. The maximum absolute atomic E-state index is 9.14. The molecule has 0 amide bonds. The first-order valence-electron chi connectivity index (χ1n) is 5.96. The second-order valence-electron chi connectivity index (χ2n) is 3.68. The number of aliphatic hydroxyl groups is 1. The van der Waals surface area contributed by atoms with Gasteiger partial charge in [0.1, 0.15) is 0 Å². The highest BCUT2D eigenvalue weighted by molar-refractivity contribution is 6.50. The summed E-state index contributed by atoms with van der Waals surface area (Å²) in [6.07, 6.45) is 1.54. The predicted molar refractivity (Wildman–Crippen MR) is 65.7 cm³/mol. The molecule has 0 saturated carbocycles. The molecule has 0 aliphatic carbocycles. The second-order valence-corrected chi connectivity index (χ2v) is 5.67. The van der Waals surface area contributed by atoms with Crippen molar-refractivity contribution < 1.29 is 19.0 Å². The Bertz CT molecular complexity index is 146. The Balaban J connectivity index is 3.46. The number of hydrogen-bond acceptors (Lipinski definition) is 4. The average Bonchev–Trinajstić information content (AvgIpc) is 2.27. The summed E-state index contributed by atoms with van der Waals surface area (Å²) < 4.78 is 16.2. The third kappa shape index (κ3) is 9.29. The van der Waals surface area contributed by atoms with Gasteiger partial charge in [-0.15, -0.1) is 0 Å². The molecular weight excluding hydrogens is 224 g/mol. The summed E-state index contributed by atoms with van der Waals surface area (Å²) in [7, 11) is -0.804. The van der Waals surface area contributed by atoms with Gasteiger partial charge in [-0.05, 0) is 26.8 Å². The molecule has 1 unspecified atom stereocenters. The van der Waals surface area contributed by atoms with Gasteiger partial charge in [-0.2, -0.15) is 0 Å². The van der Waals surface area contributed by atoms with E-state index in [4.69, 9.17) is 19.0 Å². The van der Waals surface area contributed by atoms with Gasteiger partial charge >= 0.3 is 0 Å². The van der Waals surface area contributed by atoms with Crippen LogP contribution in [0.5, 0.6) is 0 Å². The number of aliphatic hydroxyl groups excluding tert-OH is 1. The van der Waals surface area contributed by atoms with Crippen molar-refractivity contribution >= 4 is 9.04 Å². The Morgan fingerprint density at radius 3 is 2.50 bits per heavy atom. The standard InChI is InChI=1S/C11H25O4Si/c1-4-13-7-6-11(8-12)9-14-10-16(3)15-5-2/h11-12H,4-10H2,1-3H3. The van der Waals surface area contributed by atoms with Crippen LogP contribution in [0.3, 0.4) is 0 Å². The maximum Gasteiger partial charge on any atom is 0.234 e. The minimum atomic E-state index is -0.804. The third-order valence-electron chi connectivity index (χ3n) is 2.18. The van der Waals surface area contributed by atoms with Gasteiger partial charge in [0.25, 0.3) is 0 Å². The van der Waals surface area contributed by atoms with Crippen LogP contribution in [0.15, 0.2) is 0 Å². The molecule has 0 heterocycles. The van der Waals surface area contributed by atoms with Crippen LogP contribution in [0, 0.1) is 5.92 Å². The van der Waals surface area contributed by atoms with Gasteiger partial charge in [-0.1, -0.05) is 0 Å². The van der Waals surface area contributed by atoms with Crippen molar-refractivity contribution in [3.8, 4) is 0 Å². The molecule has 0 aromatic carbocycles. The summed E-state index contributed by atoms with van der Waals surface area (Å²) in [5, 5.41) is 9.14. The fraction of sp³-hybridized carbons (Fsp3) is 1.00. The number of hydrogen-bond donors (Lipinski definition) is 1. The van der Waals surface area contributed by atoms with E-state index in [1.165, 1.54) is 0 Å². The van der Waals surface area contributed by atoms with Crippen LogP contribution in [0.4, 0.5) is 0 Å². The number of rotatable bonds is 11. The van der Waals surface area contributed by atoms with Crippen molar-refractivity contribution in [3.63, 3.8) is 0 Å². The second kappa shape index (κ2) is 11.5. The van der Waals surface area contributed by atoms with Crippen LogP contribution in [0.25, 0.3) is 0 Å². The summed E-state index contributed by atoms with van der Waals surface area (Å²) in [5.74, 6) is 0.183. The van der Waals surface area contributed by atoms with Gasteiger partial charge in [0, 0.05) is 32.3 Å². The zero-order valence-corrected chi connectivity index (χ0v) is 11.7. The minimum absolute atomic E-state index is 0.160. The Labute approximate surface area is 101 Å². The Morgan fingerprint density at radius 1 is 1.19 bits per heavy atom. The molecule has 0 aliphatic rings. The van der Waals surface area contributed by atoms with Crippen molar-refractivity contribution in [1.82, 2.24) is 0 Å². The van der Waals surface area contributed by atoms with E-state index < -0.39 is 9.04 Å². The van der Waals surface area contributed by atoms with Gasteiger partial charge in [-0.3, -0.25) is 0 Å². The molecule has 0 bridgehead atoms. The van der Waals surface area contributed by atoms with E-state index in [-0.39, 0.29) is 12.5 Å². The normalized spacial score (nSPS) is 13.3. The lowest BCUT2D eigenvalue weighted by atomic mass is 10.1. The van der Waals surface area contributed by atoms with Gasteiger partial charge < -0.3 is 19.0 Å². The lowest BCUT2D eigenvalue weighted by Crippen LogP contribution is -2.25. The van der Waals surface area contributed by atoms with E-state index in [1.807, 2.05) is 13.8 Å². The smallest absolute Gasteiger partial charge is 0.234 e. The van der Waals surface area contributed by atoms with E-state index in [2.05, 4.69) is 6.55 Å². The largest absolute Gasteiger partial charge is 0.415 e. The molecule has 1 radical (unpaired) electrons. The monoisotopic (exact) mass is 249 g/mol. The van der Waals surface area contributed by atoms with Crippen molar-refractivity contribution in [2.75, 3.05) is 39.3 Å². The fourth-order valence-corrected chi connectivity index (χ4v) is 2.26. The first kappa shape index (κ1) is 16.1. The lowest BCUT2D eigenvalue weighted by Gasteiger charge is -2.15. The van der Waals surface area contributed by atoms with Gasteiger partial charge in [0.05, 0.1) is 12.8 Å². The topological polar surface area (TPSA) is 47.9 Å². The van der Waals surface area contributed by atoms with Gasteiger partial charge in [0.2, 0.25) is 9.04 Å². The fourth-order valence-electron chi connectivity index (χ4n) is 1.28. The summed E-state index contributed by atoms with van der Waals surface area (Å²) in [6, 6.07) is 0.